The Hall–Kier alpha value is -0.580. The molecule has 0 aliphatic heterocycles. The molecule has 1 amide bonds. The number of halogens is 2. The van der Waals surface area contributed by atoms with Crippen LogP contribution < -0.4 is 10.4 Å². The van der Waals surface area contributed by atoms with Crippen molar-refractivity contribution in [2.45, 2.75) is 19.4 Å². The third-order valence-corrected chi connectivity index (χ3v) is 3.82. The van der Waals surface area contributed by atoms with Crippen LogP contribution in [0.15, 0.2) is 12.1 Å². The normalized spacial score (nSPS) is 11.9. The molecule has 0 aromatic heterocycles. The maximum atomic E-state index is 10.9. The minimum Gasteiger partial charge on any atom is -0.548 e. The van der Waals surface area contributed by atoms with Crippen molar-refractivity contribution in [3.8, 4) is 5.75 Å². The number of carbonyl (C=O) groups excluding carboxylic acids is 2. The summed E-state index contributed by atoms with van der Waals surface area (Å²) < 4.78 is 1.27. The third-order valence-electron chi connectivity index (χ3n) is 2.18. The van der Waals surface area contributed by atoms with Gasteiger partial charge in [0.1, 0.15) is 5.75 Å². The molecular formula is C11H10I2NO4-. The zero-order valence-corrected chi connectivity index (χ0v) is 13.7. The molecule has 0 unspecified atom stereocenters. The number of carboxylic acids is 1. The van der Waals surface area contributed by atoms with E-state index >= 15 is 0 Å². The van der Waals surface area contributed by atoms with Crippen LogP contribution in [0.3, 0.4) is 0 Å². The molecule has 0 saturated heterocycles. The summed E-state index contributed by atoms with van der Waals surface area (Å²) in [6.45, 7) is 1.25. The quantitative estimate of drug-likeness (QED) is 0.619. The van der Waals surface area contributed by atoms with Crippen LogP contribution in [-0.4, -0.2) is 23.0 Å². The Balaban J connectivity index is 2.94. The molecule has 1 aromatic carbocycles. The lowest BCUT2D eigenvalue weighted by Gasteiger charge is -2.19. The van der Waals surface area contributed by atoms with E-state index in [9.17, 15) is 19.8 Å². The third kappa shape index (κ3) is 4.26. The number of amides is 1. The number of carboxylic acid groups (broad SMARTS) is 1. The van der Waals surface area contributed by atoms with Gasteiger partial charge >= 0.3 is 0 Å². The summed E-state index contributed by atoms with van der Waals surface area (Å²) in [5, 5.41) is 22.8. The van der Waals surface area contributed by atoms with E-state index in [1.54, 1.807) is 12.1 Å². The fraction of sp³-hybridized carbons (Fsp3) is 0.273. The molecule has 0 aliphatic rings. The van der Waals surface area contributed by atoms with E-state index in [-0.39, 0.29) is 12.2 Å². The predicted octanol–water partition coefficient (Wildman–Crippen LogP) is 0.398. The van der Waals surface area contributed by atoms with E-state index < -0.39 is 17.9 Å². The van der Waals surface area contributed by atoms with Crippen molar-refractivity contribution in [3.05, 3.63) is 24.8 Å². The minimum atomic E-state index is -1.33. The Morgan fingerprint density at radius 1 is 1.39 bits per heavy atom. The fourth-order valence-corrected chi connectivity index (χ4v) is 3.31. The zero-order valence-electron chi connectivity index (χ0n) is 9.37. The van der Waals surface area contributed by atoms with E-state index in [1.165, 1.54) is 6.92 Å². The predicted molar refractivity (Wildman–Crippen MR) is 79.9 cm³/mol. The molecule has 5 nitrogen and oxygen atoms in total. The Morgan fingerprint density at radius 3 is 2.28 bits per heavy atom. The van der Waals surface area contributed by atoms with E-state index in [1.807, 2.05) is 45.2 Å². The molecule has 98 valence electrons. The summed E-state index contributed by atoms with van der Waals surface area (Å²) in [6.07, 6.45) is 0.119. The molecule has 1 aromatic rings. The highest BCUT2D eigenvalue weighted by molar-refractivity contribution is 14.1. The van der Waals surface area contributed by atoms with Crippen molar-refractivity contribution >= 4 is 57.1 Å². The van der Waals surface area contributed by atoms with Crippen LogP contribution in [0.25, 0.3) is 0 Å². The van der Waals surface area contributed by atoms with Gasteiger partial charge in [0.05, 0.1) is 19.2 Å². The molecule has 0 saturated carbocycles. The van der Waals surface area contributed by atoms with Gasteiger partial charge in [0.25, 0.3) is 0 Å². The minimum absolute atomic E-state index is 0.119. The Bertz CT molecular complexity index is 467. The molecule has 0 fully saturated rings. The van der Waals surface area contributed by atoms with Gasteiger partial charge in [0, 0.05) is 6.92 Å². The topological polar surface area (TPSA) is 89.5 Å². The first-order chi connectivity index (χ1) is 8.31. The van der Waals surface area contributed by atoms with E-state index in [4.69, 9.17) is 0 Å². The summed E-state index contributed by atoms with van der Waals surface area (Å²) in [5.41, 5.74) is 0.713. The van der Waals surface area contributed by atoms with Gasteiger partial charge in [-0.15, -0.1) is 0 Å². The van der Waals surface area contributed by atoms with Crippen LogP contribution >= 0.6 is 45.2 Å². The lowest BCUT2D eigenvalue weighted by atomic mass is 10.1. The number of hydrogen-bond donors (Lipinski definition) is 2. The average Bonchev–Trinajstić information content (AvgIpc) is 2.24. The van der Waals surface area contributed by atoms with Gasteiger partial charge in [-0.1, -0.05) is 0 Å². The number of carbonyl (C=O) groups is 2. The number of aromatic hydroxyl groups is 1. The highest BCUT2D eigenvalue weighted by Gasteiger charge is 2.14. The molecular weight excluding hydrogens is 464 g/mol. The second-order valence-corrected chi connectivity index (χ2v) is 6.01. The molecule has 0 spiro atoms. The lowest BCUT2D eigenvalue weighted by Crippen LogP contribution is -2.48. The number of hydrogen-bond acceptors (Lipinski definition) is 4. The van der Waals surface area contributed by atoms with Gasteiger partial charge in [-0.05, 0) is 69.3 Å². The molecule has 1 atom stereocenters. The number of aliphatic carboxylic acids is 1. The van der Waals surface area contributed by atoms with Crippen LogP contribution in [-0.2, 0) is 16.0 Å². The molecule has 7 heteroatoms. The molecule has 0 aliphatic carbocycles. The lowest BCUT2D eigenvalue weighted by molar-refractivity contribution is -0.308. The maximum Gasteiger partial charge on any atom is 0.217 e. The van der Waals surface area contributed by atoms with Gasteiger partial charge < -0.3 is 20.3 Å². The number of rotatable bonds is 4. The molecule has 0 radical (unpaired) electrons. The van der Waals surface area contributed by atoms with Crippen LogP contribution in [0, 0.1) is 7.14 Å². The molecule has 2 N–H and O–H groups in total. The Kier molecular flexibility index (Phi) is 5.63. The molecule has 0 bridgehead atoms. The highest BCUT2D eigenvalue weighted by atomic mass is 127. The first kappa shape index (κ1) is 15.5. The van der Waals surface area contributed by atoms with E-state index in [2.05, 4.69) is 5.32 Å². The van der Waals surface area contributed by atoms with Gasteiger partial charge in [-0.2, -0.15) is 0 Å². The largest absolute Gasteiger partial charge is 0.548 e. The highest BCUT2D eigenvalue weighted by Crippen LogP contribution is 2.27. The summed E-state index contributed by atoms with van der Waals surface area (Å²) in [7, 11) is 0. The average molecular weight is 474 g/mol. The van der Waals surface area contributed by atoms with Crippen molar-refractivity contribution in [2.24, 2.45) is 0 Å². The SMILES string of the molecule is CC(=O)N[C@H](Cc1cc(I)c(O)c(I)c1)C(=O)[O-]. The van der Waals surface area contributed by atoms with Crippen LogP contribution in [0.4, 0.5) is 0 Å². The summed E-state index contributed by atoms with van der Waals surface area (Å²) in [5.74, 6) is -1.58. The maximum absolute atomic E-state index is 10.9. The van der Waals surface area contributed by atoms with Gasteiger partial charge in [-0.3, -0.25) is 4.79 Å². The van der Waals surface area contributed by atoms with Gasteiger partial charge in [0.15, 0.2) is 0 Å². The summed E-state index contributed by atoms with van der Waals surface area (Å²) >= 11 is 3.92. The summed E-state index contributed by atoms with van der Waals surface area (Å²) in [4.78, 5) is 21.8. The van der Waals surface area contributed by atoms with Crippen molar-refractivity contribution in [2.75, 3.05) is 0 Å². The van der Waals surface area contributed by atoms with Crippen LogP contribution in [0.2, 0.25) is 0 Å². The first-order valence-electron chi connectivity index (χ1n) is 4.96. The van der Waals surface area contributed by atoms with Crippen LogP contribution in [0.1, 0.15) is 12.5 Å². The second-order valence-electron chi connectivity index (χ2n) is 3.68. The standard InChI is InChI=1S/C11H11I2NO4/c1-5(15)14-9(11(17)18)4-6-2-7(12)10(16)8(13)3-6/h2-3,9,16H,4H2,1H3,(H,14,15)(H,17,18)/p-1/t9-/m1/s1. The van der Waals surface area contributed by atoms with E-state index in [0.29, 0.717) is 12.7 Å². The summed E-state index contributed by atoms with van der Waals surface area (Å²) in [6, 6.07) is 2.28. The Labute approximate surface area is 131 Å². The van der Waals surface area contributed by atoms with Crippen molar-refractivity contribution in [1.82, 2.24) is 5.32 Å². The molecule has 1 rings (SSSR count). The molecule has 18 heavy (non-hydrogen) atoms. The van der Waals surface area contributed by atoms with Gasteiger partial charge in [-0.25, -0.2) is 0 Å². The van der Waals surface area contributed by atoms with Crippen LogP contribution in [0.5, 0.6) is 5.75 Å². The fourth-order valence-electron chi connectivity index (χ4n) is 1.41. The molecule has 0 heterocycles. The van der Waals surface area contributed by atoms with Crippen molar-refractivity contribution < 1.29 is 19.8 Å². The zero-order chi connectivity index (χ0) is 13.9. The monoisotopic (exact) mass is 474 g/mol. The van der Waals surface area contributed by atoms with Crippen molar-refractivity contribution in [1.29, 1.82) is 0 Å². The van der Waals surface area contributed by atoms with Gasteiger partial charge in [0.2, 0.25) is 5.91 Å². The van der Waals surface area contributed by atoms with E-state index in [0.717, 1.165) is 0 Å². The first-order valence-corrected chi connectivity index (χ1v) is 7.12. The smallest absolute Gasteiger partial charge is 0.217 e. The second kappa shape index (κ2) is 6.55. The van der Waals surface area contributed by atoms with Crippen molar-refractivity contribution in [3.63, 3.8) is 0 Å². The number of nitrogens with one attached hydrogen (secondary N) is 1. The Morgan fingerprint density at radius 2 is 1.89 bits per heavy atom. The number of phenols is 1. The number of phenolic OH excluding ortho intramolecular Hbond substituents is 1. The number of benzene rings is 1.